The van der Waals surface area contributed by atoms with Gasteiger partial charge in [-0.2, -0.15) is 9.40 Å². The summed E-state index contributed by atoms with van der Waals surface area (Å²) in [5.74, 6) is -0.140. The van der Waals surface area contributed by atoms with Crippen LogP contribution >= 0.6 is 0 Å². The molecule has 0 saturated carbocycles. The molecule has 1 amide bonds. The van der Waals surface area contributed by atoms with Gasteiger partial charge >= 0.3 is 0 Å². The molecule has 1 N–H and O–H groups in total. The summed E-state index contributed by atoms with van der Waals surface area (Å²) in [6, 6.07) is -0.0137. The molecule has 2 aliphatic rings. The van der Waals surface area contributed by atoms with E-state index in [1.165, 1.54) is 17.4 Å². The third-order valence-electron chi connectivity index (χ3n) is 4.05. The Balaban J connectivity index is 1.72. The van der Waals surface area contributed by atoms with Crippen molar-refractivity contribution in [3.05, 3.63) is 12.4 Å². The maximum Gasteiger partial charge on any atom is 0.246 e. The van der Waals surface area contributed by atoms with Gasteiger partial charge in [-0.05, 0) is 12.8 Å². The van der Waals surface area contributed by atoms with Crippen molar-refractivity contribution in [1.82, 2.24) is 19.4 Å². The van der Waals surface area contributed by atoms with Gasteiger partial charge in [0.25, 0.3) is 0 Å². The third kappa shape index (κ3) is 3.01. The molecule has 122 valence electrons. The van der Waals surface area contributed by atoms with Crippen LogP contribution in [-0.4, -0.2) is 60.8 Å². The van der Waals surface area contributed by atoms with Crippen molar-refractivity contribution in [3.63, 3.8) is 0 Å². The molecule has 0 aliphatic carbocycles. The number of ether oxygens (including phenoxy) is 1. The molecule has 2 saturated heterocycles. The van der Waals surface area contributed by atoms with Crippen molar-refractivity contribution in [3.8, 4) is 0 Å². The molecule has 9 heteroatoms. The molecular weight excluding hydrogens is 308 g/mol. The van der Waals surface area contributed by atoms with Crippen LogP contribution in [0.1, 0.15) is 25.8 Å². The first-order valence-corrected chi connectivity index (χ1v) is 8.80. The average Bonchev–Trinajstić information content (AvgIpc) is 3.19. The van der Waals surface area contributed by atoms with Crippen LogP contribution in [0.5, 0.6) is 0 Å². The lowest BCUT2D eigenvalue weighted by Gasteiger charge is -2.15. The van der Waals surface area contributed by atoms with E-state index in [9.17, 15) is 13.2 Å². The fourth-order valence-electron chi connectivity index (χ4n) is 2.89. The zero-order valence-corrected chi connectivity index (χ0v) is 13.3. The lowest BCUT2D eigenvalue weighted by atomic mass is 10.3. The van der Waals surface area contributed by atoms with Crippen LogP contribution in [0.15, 0.2) is 17.3 Å². The normalized spacial score (nSPS) is 26.4. The van der Waals surface area contributed by atoms with E-state index in [1.807, 2.05) is 0 Å². The van der Waals surface area contributed by atoms with Crippen LogP contribution in [0, 0.1) is 0 Å². The largest absolute Gasteiger partial charge is 0.379 e. The summed E-state index contributed by atoms with van der Waals surface area (Å²) in [6.45, 7) is 3.39. The quantitative estimate of drug-likeness (QED) is 0.822. The van der Waals surface area contributed by atoms with Crippen LogP contribution in [0.3, 0.4) is 0 Å². The molecule has 22 heavy (non-hydrogen) atoms. The van der Waals surface area contributed by atoms with Gasteiger partial charge in [0.1, 0.15) is 4.90 Å². The van der Waals surface area contributed by atoms with Crippen LogP contribution in [0.2, 0.25) is 0 Å². The highest BCUT2D eigenvalue weighted by atomic mass is 32.2. The van der Waals surface area contributed by atoms with Gasteiger partial charge in [-0.15, -0.1) is 0 Å². The van der Waals surface area contributed by atoms with Crippen LogP contribution < -0.4 is 5.32 Å². The minimum atomic E-state index is -3.56. The van der Waals surface area contributed by atoms with E-state index < -0.39 is 10.0 Å². The van der Waals surface area contributed by atoms with Gasteiger partial charge in [-0.25, -0.2) is 8.42 Å². The Kier molecular flexibility index (Phi) is 4.20. The van der Waals surface area contributed by atoms with Crippen molar-refractivity contribution in [2.75, 3.05) is 26.3 Å². The van der Waals surface area contributed by atoms with E-state index in [0.29, 0.717) is 32.7 Å². The zero-order valence-electron chi connectivity index (χ0n) is 12.4. The third-order valence-corrected chi connectivity index (χ3v) is 5.87. The van der Waals surface area contributed by atoms with E-state index in [-0.39, 0.29) is 22.9 Å². The Morgan fingerprint density at radius 2 is 2.27 bits per heavy atom. The van der Waals surface area contributed by atoms with E-state index in [4.69, 9.17) is 4.74 Å². The standard InChI is InChI=1S/C13H20N4O4S/c1-10(18)15-11-2-4-16(7-11)22(19,20)13-6-14-17(8-13)12-3-5-21-9-12/h6,8,11-12H,2-5,7,9H2,1H3,(H,15,18). The molecule has 0 aromatic carbocycles. The molecule has 3 heterocycles. The van der Waals surface area contributed by atoms with Gasteiger partial charge in [0, 0.05) is 38.9 Å². The Morgan fingerprint density at radius 1 is 1.45 bits per heavy atom. The summed E-state index contributed by atoms with van der Waals surface area (Å²) in [7, 11) is -3.56. The molecule has 0 bridgehead atoms. The molecule has 2 fully saturated rings. The summed E-state index contributed by atoms with van der Waals surface area (Å²) < 4.78 is 33.6. The average molecular weight is 328 g/mol. The molecule has 3 rings (SSSR count). The monoisotopic (exact) mass is 328 g/mol. The van der Waals surface area contributed by atoms with Gasteiger partial charge in [0.05, 0.1) is 18.8 Å². The number of aromatic nitrogens is 2. The van der Waals surface area contributed by atoms with Crippen molar-refractivity contribution < 1.29 is 17.9 Å². The minimum absolute atomic E-state index is 0.106. The molecule has 8 nitrogen and oxygen atoms in total. The Labute approximate surface area is 129 Å². The van der Waals surface area contributed by atoms with E-state index in [2.05, 4.69) is 10.4 Å². The van der Waals surface area contributed by atoms with Gasteiger partial charge < -0.3 is 10.1 Å². The van der Waals surface area contributed by atoms with E-state index in [1.54, 1.807) is 10.9 Å². The number of hydrogen-bond acceptors (Lipinski definition) is 5. The number of carbonyl (C=O) groups excluding carboxylic acids is 1. The smallest absolute Gasteiger partial charge is 0.246 e. The first-order valence-electron chi connectivity index (χ1n) is 7.36. The second-order valence-electron chi connectivity index (χ2n) is 5.72. The maximum absolute atomic E-state index is 12.6. The highest BCUT2D eigenvalue weighted by Gasteiger charge is 2.34. The van der Waals surface area contributed by atoms with Gasteiger partial charge in [0.15, 0.2) is 0 Å². The molecule has 2 aliphatic heterocycles. The van der Waals surface area contributed by atoms with Crippen LogP contribution in [-0.2, 0) is 19.6 Å². The minimum Gasteiger partial charge on any atom is -0.379 e. The van der Waals surface area contributed by atoms with Crippen molar-refractivity contribution >= 4 is 15.9 Å². The fraction of sp³-hybridized carbons (Fsp3) is 0.692. The van der Waals surface area contributed by atoms with E-state index in [0.717, 1.165) is 6.42 Å². The second kappa shape index (κ2) is 5.98. The predicted octanol–water partition coefficient (Wildman–Crippen LogP) is -0.256. The first-order chi connectivity index (χ1) is 10.5. The number of sulfonamides is 1. The zero-order chi connectivity index (χ0) is 15.7. The highest BCUT2D eigenvalue weighted by molar-refractivity contribution is 7.89. The van der Waals surface area contributed by atoms with Crippen LogP contribution in [0.4, 0.5) is 0 Å². The number of carbonyl (C=O) groups is 1. The molecular formula is C13H20N4O4S. The maximum atomic E-state index is 12.6. The summed E-state index contributed by atoms with van der Waals surface area (Å²) in [5, 5.41) is 6.93. The fourth-order valence-corrected chi connectivity index (χ4v) is 4.33. The molecule has 0 spiro atoms. The summed E-state index contributed by atoms with van der Waals surface area (Å²) in [5.41, 5.74) is 0. The van der Waals surface area contributed by atoms with Gasteiger partial charge in [-0.1, -0.05) is 0 Å². The van der Waals surface area contributed by atoms with Gasteiger partial charge in [0.2, 0.25) is 15.9 Å². The topological polar surface area (TPSA) is 93.5 Å². The SMILES string of the molecule is CC(=O)NC1CCN(S(=O)(=O)c2cnn(C3CCOC3)c2)C1. The molecule has 1 aromatic rings. The van der Waals surface area contributed by atoms with Crippen LogP contribution in [0.25, 0.3) is 0 Å². The Bertz CT molecular complexity index is 651. The molecule has 2 atom stereocenters. The predicted molar refractivity (Wildman–Crippen MR) is 77.7 cm³/mol. The van der Waals surface area contributed by atoms with Gasteiger partial charge in [-0.3, -0.25) is 9.48 Å². The lowest BCUT2D eigenvalue weighted by molar-refractivity contribution is -0.119. The summed E-state index contributed by atoms with van der Waals surface area (Å²) in [6.07, 6.45) is 4.43. The molecule has 1 aromatic heterocycles. The summed E-state index contributed by atoms with van der Waals surface area (Å²) in [4.78, 5) is 11.3. The van der Waals surface area contributed by atoms with Crippen molar-refractivity contribution in [1.29, 1.82) is 0 Å². The Morgan fingerprint density at radius 3 is 2.95 bits per heavy atom. The van der Waals surface area contributed by atoms with E-state index >= 15 is 0 Å². The van der Waals surface area contributed by atoms with Crippen molar-refractivity contribution in [2.45, 2.75) is 36.7 Å². The molecule has 2 unspecified atom stereocenters. The number of nitrogens with one attached hydrogen (secondary N) is 1. The number of hydrogen-bond donors (Lipinski definition) is 1. The summed E-state index contributed by atoms with van der Waals surface area (Å²) >= 11 is 0. The molecule has 0 radical (unpaired) electrons. The second-order valence-corrected chi connectivity index (χ2v) is 7.66. The number of rotatable bonds is 4. The van der Waals surface area contributed by atoms with Crippen molar-refractivity contribution in [2.24, 2.45) is 0 Å². The number of nitrogens with zero attached hydrogens (tertiary/aromatic N) is 3. The lowest BCUT2D eigenvalue weighted by Crippen LogP contribution is -2.37. The first kappa shape index (κ1) is 15.4. The number of amides is 1. The highest BCUT2D eigenvalue weighted by Crippen LogP contribution is 2.23. The Hall–Kier alpha value is -1.45.